The number of fused-ring (bicyclic) bond motifs is 1. The molecule has 2 aromatic rings. The molecule has 6 heteroatoms. The van der Waals surface area contributed by atoms with Crippen LogP contribution in [0.15, 0.2) is 53.4 Å². The first-order chi connectivity index (χ1) is 12.3. The molecule has 2 aromatic carbocycles. The molecular formula is C20H25N2O3S+. The van der Waals surface area contributed by atoms with Crippen LogP contribution in [-0.4, -0.2) is 34.2 Å². The number of nitrogens with one attached hydrogen (secondary N) is 2. The van der Waals surface area contributed by atoms with Gasteiger partial charge in [-0.25, -0.2) is 8.42 Å². The highest BCUT2D eigenvalue weighted by Crippen LogP contribution is 2.27. The average molecular weight is 373 g/mol. The van der Waals surface area contributed by atoms with Crippen LogP contribution < -0.4 is 10.2 Å². The van der Waals surface area contributed by atoms with Crippen molar-refractivity contribution in [1.82, 2.24) is 0 Å². The molecule has 5 nitrogen and oxygen atoms in total. The van der Waals surface area contributed by atoms with Crippen molar-refractivity contribution < 1.29 is 18.1 Å². The lowest BCUT2D eigenvalue weighted by Crippen LogP contribution is -3.10. The zero-order valence-electron chi connectivity index (χ0n) is 15.2. The number of hydrogen-bond donors (Lipinski definition) is 2. The molecule has 1 aliphatic carbocycles. The molecule has 3 rings (SSSR count). The summed E-state index contributed by atoms with van der Waals surface area (Å²) in [5.74, 6) is -0.115. The van der Waals surface area contributed by atoms with Gasteiger partial charge in [-0.15, -0.1) is 0 Å². The molecule has 0 radical (unpaired) electrons. The van der Waals surface area contributed by atoms with Crippen molar-refractivity contribution in [1.29, 1.82) is 0 Å². The first-order valence-corrected chi connectivity index (χ1v) is 10.7. The molecular weight excluding hydrogens is 348 g/mol. The van der Waals surface area contributed by atoms with Crippen molar-refractivity contribution in [3.05, 3.63) is 59.7 Å². The molecule has 0 bridgehead atoms. The summed E-state index contributed by atoms with van der Waals surface area (Å²) in [7, 11) is -1.25. The van der Waals surface area contributed by atoms with Gasteiger partial charge in [0.15, 0.2) is 16.4 Å². The van der Waals surface area contributed by atoms with Gasteiger partial charge in [-0.05, 0) is 36.6 Å². The van der Waals surface area contributed by atoms with Gasteiger partial charge in [0.1, 0.15) is 6.04 Å². The normalized spacial score (nSPS) is 18.0. The number of carbonyl (C=O) groups excluding carboxylic acids is 1. The third kappa shape index (κ3) is 4.31. The van der Waals surface area contributed by atoms with Crippen molar-refractivity contribution in [3.63, 3.8) is 0 Å². The van der Waals surface area contributed by atoms with Crippen molar-refractivity contribution in [2.75, 3.05) is 25.2 Å². The Morgan fingerprint density at radius 2 is 1.96 bits per heavy atom. The second-order valence-electron chi connectivity index (χ2n) is 7.01. The van der Waals surface area contributed by atoms with Gasteiger partial charge in [0.2, 0.25) is 0 Å². The molecule has 0 saturated carbocycles. The lowest BCUT2D eigenvalue weighted by Gasteiger charge is -2.30. The second-order valence-corrected chi connectivity index (χ2v) is 9.03. The molecule has 2 N–H and O–H groups in total. The minimum Gasteiger partial charge on any atom is -0.323 e. The van der Waals surface area contributed by atoms with Crippen LogP contribution in [-0.2, 0) is 21.1 Å². The highest BCUT2D eigenvalue weighted by molar-refractivity contribution is 7.90. The number of carbonyl (C=O) groups is 1. The molecule has 0 heterocycles. The molecule has 2 atom stereocenters. The van der Waals surface area contributed by atoms with Crippen molar-refractivity contribution in [2.45, 2.75) is 30.2 Å². The molecule has 0 aromatic heterocycles. The maximum absolute atomic E-state index is 12.5. The summed E-state index contributed by atoms with van der Waals surface area (Å²) in [6.07, 6.45) is 4.47. The number of amides is 1. The van der Waals surface area contributed by atoms with E-state index in [1.165, 1.54) is 23.3 Å². The highest BCUT2D eigenvalue weighted by atomic mass is 32.2. The fraction of sp³-hybridized carbons (Fsp3) is 0.350. The lowest BCUT2D eigenvalue weighted by molar-refractivity contribution is -0.905. The van der Waals surface area contributed by atoms with Gasteiger partial charge in [-0.2, -0.15) is 0 Å². The van der Waals surface area contributed by atoms with E-state index in [-0.39, 0.29) is 10.8 Å². The largest absolute Gasteiger partial charge is 0.323 e. The molecule has 0 spiro atoms. The van der Waals surface area contributed by atoms with E-state index in [1.807, 2.05) is 7.05 Å². The van der Waals surface area contributed by atoms with Gasteiger partial charge in [0.25, 0.3) is 5.91 Å². The minimum atomic E-state index is -3.29. The number of sulfone groups is 1. The quantitative estimate of drug-likeness (QED) is 0.837. The standard InChI is InChI=1S/C20H24N2O3S/c1-22(19-12-5-8-15-7-3-4-11-18(15)19)14-20(23)21-16-9-6-10-17(13-16)26(2,24)25/h3-4,6-7,9-11,13,19H,5,8,12,14H2,1-2H3,(H,21,23)/p+1/t19-/m1/s1. The molecule has 138 valence electrons. The fourth-order valence-electron chi connectivity index (χ4n) is 3.65. The van der Waals surface area contributed by atoms with E-state index in [4.69, 9.17) is 0 Å². The van der Waals surface area contributed by atoms with Gasteiger partial charge in [-0.1, -0.05) is 30.3 Å². The Hall–Kier alpha value is -2.18. The molecule has 1 unspecified atom stereocenters. The minimum absolute atomic E-state index is 0.115. The van der Waals surface area contributed by atoms with Crippen LogP contribution in [0.5, 0.6) is 0 Å². The van der Waals surface area contributed by atoms with Crippen LogP contribution in [0.4, 0.5) is 5.69 Å². The fourth-order valence-corrected chi connectivity index (χ4v) is 4.32. The Bertz CT molecular complexity index is 909. The first kappa shape index (κ1) is 18.6. The van der Waals surface area contributed by atoms with Crippen molar-refractivity contribution in [3.8, 4) is 0 Å². The molecule has 0 fully saturated rings. The number of likely N-dealkylation sites (N-methyl/N-ethyl adjacent to an activating group) is 1. The summed E-state index contributed by atoms with van der Waals surface area (Å²) in [6, 6.07) is 15.1. The summed E-state index contributed by atoms with van der Waals surface area (Å²) < 4.78 is 23.3. The SMILES string of the molecule is C[NH+](CC(=O)Nc1cccc(S(C)(=O)=O)c1)[C@@H]1CCCc2ccccc21. The summed E-state index contributed by atoms with van der Waals surface area (Å²) in [5.41, 5.74) is 3.22. The van der Waals surface area contributed by atoms with E-state index in [9.17, 15) is 13.2 Å². The maximum Gasteiger partial charge on any atom is 0.279 e. The van der Waals surface area contributed by atoms with Gasteiger partial charge >= 0.3 is 0 Å². The number of benzene rings is 2. The summed E-state index contributed by atoms with van der Waals surface area (Å²) in [4.78, 5) is 13.8. The third-order valence-corrected chi connectivity index (χ3v) is 6.06. The monoisotopic (exact) mass is 373 g/mol. The van der Waals surface area contributed by atoms with E-state index >= 15 is 0 Å². The van der Waals surface area contributed by atoms with E-state index in [0.29, 0.717) is 18.3 Å². The Kier molecular flexibility index (Phi) is 5.44. The molecule has 1 aliphatic rings. The van der Waals surface area contributed by atoms with Gasteiger partial charge in [0, 0.05) is 23.9 Å². The first-order valence-electron chi connectivity index (χ1n) is 8.84. The Morgan fingerprint density at radius 1 is 1.19 bits per heavy atom. The van der Waals surface area contributed by atoms with E-state index in [0.717, 1.165) is 30.4 Å². The van der Waals surface area contributed by atoms with Crippen LogP contribution in [0.3, 0.4) is 0 Å². The van der Waals surface area contributed by atoms with Crippen LogP contribution >= 0.6 is 0 Å². The van der Waals surface area contributed by atoms with Crippen LogP contribution in [0.1, 0.15) is 30.0 Å². The lowest BCUT2D eigenvalue weighted by atomic mass is 9.87. The maximum atomic E-state index is 12.5. The van der Waals surface area contributed by atoms with Gasteiger partial charge in [0.05, 0.1) is 11.9 Å². The number of rotatable bonds is 5. The highest BCUT2D eigenvalue weighted by Gasteiger charge is 2.27. The topological polar surface area (TPSA) is 67.7 Å². The summed E-state index contributed by atoms with van der Waals surface area (Å²) in [5, 5.41) is 2.82. The van der Waals surface area contributed by atoms with Gasteiger partial charge < -0.3 is 10.2 Å². The molecule has 0 aliphatic heterocycles. The molecule has 0 saturated heterocycles. The van der Waals surface area contributed by atoms with Crippen LogP contribution in [0, 0.1) is 0 Å². The molecule has 1 amide bonds. The second kappa shape index (κ2) is 7.60. The zero-order valence-corrected chi connectivity index (χ0v) is 16.0. The van der Waals surface area contributed by atoms with Gasteiger partial charge in [-0.3, -0.25) is 4.79 Å². The molecule has 26 heavy (non-hydrogen) atoms. The predicted octanol–water partition coefficient (Wildman–Crippen LogP) is 1.62. The number of anilines is 1. The smallest absolute Gasteiger partial charge is 0.279 e. The summed E-state index contributed by atoms with van der Waals surface area (Å²) in [6.45, 7) is 0.335. The Balaban J connectivity index is 1.68. The van der Waals surface area contributed by atoms with E-state index in [2.05, 4.69) is 29.6 Å². The number of aryl methyl sites for hydroxylation is 1. The van der Waals surface area contributed by atoms with E-state index in [1.54, 1.807) is 12.1 Å². The predicted molar refractivity (Wildman–Crippen MR) is 102 cm³/mol. The van der Waals surface area contributed by atoms with Crippen molar-refractivity contribution in [2.24, 2.45) is 0 Å². The number of quaternary nitrogens is 1. The van der Waals surface area contributed by atoms with Crippen molar-refractivity contribution >= 4 is 21.4 Å². The summed E-state index contributed by atoms with van der Waals surface area (Å²) >= 11 is 0. The Labute approximate surface area is 154 Å². The Morgan fingerprint density at radius 3 is 2.73 bits per heavy atom. The van der Waals surface area contributed by atoms with E-state index < -0.39 is 9.84 Å². The van der Waals surface area contributed by atoms with Crippen LogP contribution in [0.25, 0.3) is 0 Å². The van der Waals surface area contributed by atoms with Crippen LogP contribution in [0.2, 0.25) is 0 Å². The number of hydrogen-bond acceptors (Lipinski definition) is 3. The third-order valence-electron chi connectivity index (χ3n) is 4.95. The average Bonchev–Trinajstić information content (AvgIpc) is 2.60. The zero-order chi connectivity index (χ0) is 18.7.